The zero-order valence-corrected chi connectivity index (χ0v) is 34.3. The van der Waals surface area contributed by atoms with Gasteiger partial charge in [0.15, 0.2) is 24.7 Å². The molecule has 2 N–H and O–H groups in total. The molecule has 6 heterocycles. The van der Waals surface area contributed by atoms with E-state index in [1.54, 1.807) is 28.3 Å². The Hall–Kier alpha value is -1.24. The molecule has 14 nitrogen and oxygen atoms in total. The summed E-state index contributed by atoms with van der Waals surface area (Å²) in [4.78, 5) is 0. The van der Waals surface area contributed by atoms with Crippen LogP contribution in [-0.2, 0) is 56.8 Å². The number of hydrogen-bond acceptors (Lipinski definition) is 14. The van der Waals surface area contributed by atoms with Crippen molar-refractivity contribution in [2.45, 2.75) is 184 Å². The fourth-order valence-electron chi connectivity index (χ4n) is 12.3. The first kappa shape index (κ1) is 40.2. The van der Waals surface area contributed by atoms with E-state index in [0.717, 1.165) is 38.5 Å². The first-order chi connectivity index (χ1) is 26.8. The second-order valence-electron chi connectivity index (χ2n) is 18.4. The smallest absolute Gasteiger partial charge is 0.186 e. The lowest BCUT2D eigenvalue weighted by atomic mass is 9.52. The average molecular weight is 793 g/mol. The number of fused-ring (bicyclic) bond motifs is 3. The first-order valence-corrected chi connectivity index (χ1v) is 21.1. The summed E-state index contributed by atoms with van der Waals surface area (Å²) in [7, 11) is 4.79. The van der Waals surface area contributed by atoms with Crippen molar-refractivity contribution in [1.29, 1.82) is 0 Å². The summed E-state index contributed by atoms with van der Waals surface area (Å²) >= 11 is 0. The molecular weight excluding hydrogens is 728 g/mol. The zero-order chi connectivity index (χ0) is 39.3. The molecule has 9 aliphatic rings. The van der Waals surface area contributed by atoms with Gasteiger partial charge in [-0.15, -0.1) is 0 Å². The van der Waals surface area contributed by atoms with Crippen molar-refractivity contribution in [1.82, 2.24) is 0 Å². The molecule has 6 saturated heterocycles. The molecule has 7 fully saturated rings. The Morgan fingerprint density at radius 1 is 0.750 bits per heavy atom. The molecule has 1 saturated carbocycles. The third-order valence-corrected chi connectivity index (χ3v) is 15.3. The predicted octanol–water partition coefficient (Wildman–Crippen LogP) is 3.89. The molecule has 1 spiro atoms. The van der Waals surface area contributed by atoms with Crippen LogP contribution in [0.2, 0.25) is 0 Å². The molecular formula is C42H64O14. The third kappa shape index (κ3) is 6.39. The van der Waals surface area contributed by atoms with Gasteiger partial charge in [0.1, 0.15) is 42.4 Å². The Morgan fingerprint density at radius 3 is 2.21 bits per heavy atom. The van der Waals surface area contributed by atoms with Crippen molar-refractivity contribution in [2.24, 2.45) is 22.7 Å². The van der Waals surface area contributed by atoms with E-state index in [-0.39, 0.29) is 35.1 Å². The number of methoxy groups -OCH3 is 3. The highest BCUT2D eigenvalue weighted by molar-refractivity contribution is 5.40. The van der Waals surface area contributed by atoms with E-state index in [1.165, 1.54) is 16.9 Å². The highest BCUT2D eigenvalue weighted by Gasteiger charge is 2.72. The standard InChI is InChI=1S/C42H64O14/c1-20-32(43)27(45-6)16-30(50-20)55-34-21(2)51-31(17-28(34)46-7)56-35-22(3)52-39(33(44)36(35)47-8)53-24-11-13-40(4)23(15-24)9-10-25-26(40)12-14-42-19-49-41(5)37(42)29(18-48-41)54-38(25)42/h9,20-22,24,26-37,39,43-44H,10-19H2,1-8H3/t20-,21+,22+,24-,26-,27-,28-,29+,30+,31+,32+,33+,34+,35+,36+,37+,39-,40-,41+,42-/m0/s1. The largest absolute Gasteiger partial charge is 0.491 e. The molecule has 0 aromatic carbocycles. The second kappa shape index (κ2) is 15.0. The van der Waals surface area contributed by atoms with Crippen LogP contribution in [0.4, 0.5) is 0 Å². The first-order valence-electron chi connectivity index (χ1n) is 21.1. The molecule has 56 heavy (non-hydrogen) atoms. The van der Waals surface area contributed by atoms with Crippen LogP contribution in [0.25, 0.3) is 0 Å². The lowest BCUT2D eigenvalue weighted by Crippen LogP contribution is -2.61. The summed E-state index contributed by atoms with van der Waals surface area (Å²) in [6.07, 6.45) is 1.14. The minimum Gasteiger partial charge on any atom is -0.491 e. The molecule has 14 heteroatoms. The van der Waals surface area contributed by atoms with Gasteiger partial charge in [-0.25, -0.2) is 0 Å². The highest BCUT2D eigenvalue weighted by atomic mass is 16.8. The van der Waals surface area contributed by atoms with Crippen molar-refractivity contribution < 1.29 is 67.1 Å². The molecule has 20 atom stereocenters. The highest BCUT2D eigenvalue weighted by Crippen LogP contribution is 2.69. The lowest BCUT2D eigenvalue weighted by molar-refractivity contribution is -0.353. The number of hydrogen-bond donors (Lipinski definition) is 2. The van der Waals surface area contributed by atoms with E-state index < -0.39 is 79.6 Å². The molecule has 0 radical (unpaired) electrons. The normalized spacial score (nSPS) is 53.8. The van der Waals surface area contributed by atoms with E-state index in [4.69, 9.17) is 56.8 Å². The number of aliphatic hydroxyl groups excluding tert-OH is 2. The number of allylic oxidation sites excluding steroid dienone is 2. The maximum Gasteiger partial charge on any atom is 0.186 e. The molecule has 3 aliphatic carbocycles. The van der Waals surface area contributed by atoms with Gasteiger partial charge in [0, 0.05) is 34.2 Å². The van der Waals surface area contributed by atoms with Crippen molar-refractivity contribution in [3.05, 3.63) is 23.0 Å². The molecule has 6 aliphatic heterocycles. The van der Waals surface area contributed by atoms with Gasteiger partial charge in [0.05, 0.1) is 61.2 Å². The van der Waals surface area contributed by atoms with Crippen LogP contribution in [-0.4, -0.2) is 143 Å². The van der Waals surface area contributed by atoms with Gasteiger partial charge in [-0.2, -0.15) is 0 Å². The van der Waals surface area contributed by atoms with Crippen LogP contribution in [0.15, 0.2) is 23.0 Å². The van der Waals surface area contributed by atoms with E-state index in [9.17, 15) is 10.2 Å². The summed E-state index contributed by atoms with van der Waals surface area (Å²) in [5.74, 6) is 1.39. The molecule has 0 aromatic heterocycles. The minimum atomic E-state index is -1.08. The van der Waals surface area contributed by atoms with Crippen LogP contribution in [0.1, 0.15) is 86.0 Å². The van der Waals surface area contributed by atoms with Gasteiger partial charge in [-0.1, -0.05) is 18.6 Å². The van der Waals surface area contributed by atoms with Gasteiger partial charge in [0.25, 0.3) is 0 Å². The van der Waals surface area contributed by atoms with Crippen molar-refractivity contribution in [3.8, 4) is 0 Å². The number of rotatable bonds is 9. The molecule has 316 valence electrons. The van der Waals surface area contributed by atoms with Gasteiger partial charge >= 0.3 is 0 Å². The summed E-state index contributed by atoms with van der Waals surface area (Å²) in [6.45, 7) is 11.5. The monoisotopic (exact) mass is 792 g/mol. The van der Waals surface area contributed by atoms with Gasteiger partial charge < -0.3 is 67.1 Å². The Kier molecular flexibility index (Phi) is 10.8. The van der Waals surface area contributed by atoms with Crippen molar-refractivity contribution >= 4 is 0 Å². The number of ether oxygens (including phenoxy) is 12. The van der Waals surface area contributed by atoms with Gasteiger partial charge in [0.2, 0.25) is 0 Å². The summed E-state index contributed by atoms with van der Waals surface area (Å²) in [5, 5.41) is 22.1. The molecule has 0 amide bonds. The third-order valence-electron chi connectivity index (χ3n) is 15.3. The zero-order valence-electron chi connectivity index (χ0n) is 34.3. The Bertz CT molecular complexity index is 1520. The van der Waals surface area contributed by atoms with Gasteiger partial charge in [-0.3, -0.25) is 0 Å². The SMILES string of the molecule is CO[C@@H]1[C@@H](O)[C@H](O[C@H]2CC[C@@]3(C)C(=CCC4=C5O[C@@H]6CO[C@]7(C)OC[C@@]5(CC[C@@H]43)[C@H]67)C2)O[C@H](C)[C@H]1O[C@@H]1C[C@H](OC)[C@H](O[C@@H]2C[C@H](OC)[C@H](O)[C@H](C)O2)[C@@H](C)O1. The predicted molar refractivity (Wildman–Crippen MR) is 197 cm³/mol. The fourth-order valence-corrected chi connectivity index (χ4v) is 12.3. The van der Waals surface area contributed by atoms with Crippen LogP contribution < -0.4 is 0 Å². The Morgan fingerprint density at radius 2 is 1.46 bits per heavy atom. The molecule has 0 unspecified atom stereocenters. The summed E-state index contributed by atoms with van der Waals surface area (Å²) in [6, 6.07) is 0. The van der Waals surface area contributed by atoms with Gasteiger partial charge in [-0.05, 0) is 83.1 Å². The maximum absolute atomic E-state index is 11.7. The average Bonchev–Trinajstić information content (AvgIpc) is 3.81. The van der Waals surface area contributed by atoms with Crippen LogP contribution in [0.5, 0.6) is 0 Å². The topological polar surface area (TPSA) is 151 Å². The number of aliphatic hydroxyl groups is 2. The van der Waals surface area contributed by atoms with E-state index >= 15 is 0 Å². The fraction of sp³-hybridized carbons (Fsp3) is 0.905. The van der Waals surface area contributed by atoms with Crippen LogP contribution in [0, 0.1) is 22.7 Å². The quantitative estimate of drug-likeness (QED) is 0.325. The van der Waals surface area contributed by atoms with E-state index in [2.05, 4.69) is 19.9 Å². The van der Waals surface area contributed by atoms with Crippen molar-refractivity contribution in [3.63, 3.8) is 0 Å². The lowest BCUT2D eigenvalue weighted by Gasteiger charge is -2.52. The van der Waals surface area contributed by atoms with Crippen LogP contribution >= 0.6 is 0 Å². The summed E-state index contributed by atoms with van der Waals surface area (Å²) < 4.78 is 74.7. The molecule has 0 aromatic rings. The van der Waals surface area contributed by atoms with E-state index in [1.807, 2.05) is 13.8 Å². The molecule has 0 bridgehead atoms. The van der Waals surface area contributed by atoms with E-state index in [0.29, 0.717) is 32.0 Å². The van der Waals surface area contributed by atoms with Crippen LogP contribution in [0.3, 0.4) is 0 Å². The maximum atomic E-state index is 11.7. The molecule has 9 rings (SSSR count). The second-order valence-corrected chi connectivity index (χ2v) is 18.4. The minimum absolute atomic E-state index is 0.0354. The Labute approximate surface area is 330 Å². The van der Waals surface area contributed by atoms with Crippen molar-refractivity contribution in [2.75, 3.05) is 34.5 Å². The summed E-state index contributed by atoms with van der Waals surface area (Å²) in [5.41, 5.74) is 2.90. The Balaban J connectivity index is 0.822.